The first-order valence-electron chi connectivity index (χ1n) is 5.47. The van der Waals surface area contributed by atoms with Crippen molar-refractivity contribution in [1.82, 2.24) is 0 Å². The summed E-state index contributed by atoms with van der Waals surface area (Å²) < 4.78 is 4.69. The second-order valence-electron chi connectivity index (χ2n) is 3.16. The summed E-state index contributed by atoms with van der Waals surface area (Å²) in [6.07, 6.45) is 3.35. The Kier molecular flexibility index (Phi) is 7.30. The molecule has 5 heteroatoms. The van der Waals surface area contributed by atoms with Gasteiger partial charge in [0.2, 0.25) is 6.10 Å². The molecule has 0 saturated heterocycles. The molecule has 1 aliphatic carbocycles. The van der Waals surface area contributed by atoms with Crippen LogP contribution in [0.2, 0.25) is 0 Å². The standard InChI is InChI=1S/C10H11ClO4.C2H6/c1-6(12)15-9(10(13)14)7-3-2-4-8(11)5-7;1-2/h3,5,9H,2,4H2,1H3,(H,13,14);1-2H3. The first kappa shape index (κ1) is 15.7. The van der Waals surface area contributed by atoms with Crippen molar-refractivity contribution in [3.05, 3.63) is 22.8 Å². The van der Waals surface area contributed by atoms with Gasteiger partial charge in [-0.25, -0.2) is 4.79 Å². The molecule has 0 spiro atoms. The lowest BCUT2D eigenvalue weighted by molar-refractivity contribution is -0.159. The van der Waals surface area contributed by atoms with Crippen LogP contribution in [0.25, 0.3) is 0 Å². The van der Waals surface area contributed by atoms with Gasteiger partial charge in [-0.2, -0.15) is 0 Å². The van der Waals surface area contributed by atoms with Crippen molar-refractivity contribution >= 4 is 23.5 Å². The van der Waals surface area contributed by atoms with E-state index in [1.807, 2.05) is 13.8 Å². The molecule has 0 fully saturated rings. The van der Waals surface area contributed by atoms with Crippen molar-refractivity contribution in [1.29, 1.82) is 0 Å². The smallest absolute Gasteiger partial charge is 0.349 e. The average molecular weight is 261 g/mol. The Morgan fingerprint density at radius 3 is 2.47 bits per heavy atom. The van der Waals surface area contributed by atoms with Gasteiger partial charge in [0.05, 0.1) is 0 Å². The van der Waals surface area contributed by atoms with Crippen LogP contribution in [0.3, 0.4) is 0 Å². The minimum atomic E-state index is -1.25. The van der Waals surface area contributed by atoms with Crippen LogP contribution in [0.1, 0.15) is 33.6 Å². The van der Waals surface area contributed by atoms with Crippen molar-refractivity contribution in [3.8, 4) is 0 Å². The summed E-state index contributed by atoms with van der Waals surface area (Å²) in [5.41, 5.74) is 0.425. The maximum Gasteiger partial charge on any atom is 0.349 e. The van der Waals surface area contributed by atoms with E-state index in [4.69, 9.17) is 16.7 Å². The SMILES string of the molecule is CC.CC(=O)OC(C(=O)O)C1=CCCC(Cl)=C1. The summed E-state index contributed by atoms with van der Waals surface area (Å²) in [6.45, 7) is 5.17. The fraction of sp³-hybridized carbons (Fsp3) is 0.500. The number of esters is 1. The van der Waals surface area contributed by atoms with Gasteiger partial charge < -0.3 is 9.84 Å². The predicted octanol–water partition coefficient (Wildman–Crippen LogP) is 2.87. The second-order valence-corrected chi connectivity index (χ2v) is 3.65. The molecule has 1 rings (SSSR count). The Morgan fingerprint density at radius 1 is 1.47 bits per heavy atom. The van der Waals surface area contributed by atoms with E-state index in [9.17, 15) is 9.59 Å². The highest BCUT2D eigenvalue weighted by molar-refractivity contribution is 6.29. The Balaban J connectivity index is 0.00000121. The zero-order chi connectivity index (χ0) is 13.4. The van der Waals surface area contributed by atoms with Crippen LogP contribution < -0.4 is 0 Å². The lowest BCUT2D eigenvalue weighted by Gasteiger charge is -2.16. The lowest BCUT2D eigenvalue weighted by atomic mass is 10.0. The zero-order valence-corrected chi connectivity index (χ0v) is 11.0. The molecule has 1 N–H and O–H groups in total. The number of allylic oxidation sites excluding steroid dienone is 2. The molecule has 0 aliphatic heterocycles. The Morgan fingerprint density at radius 2 is 2.06 bits per heavy atom. The highest BCUT2D eigenvalue weighted by Crippen LogP contribution is 2.23. The summed E-state index contributed by atoms with van der Waals surface area (Å²) in [7, 11) is 0. The van der Waals surface area contributed by atoms with Crippen LogP contribution in [-0.4, -0.2) is 23.1 Å². The largest absolute Gasteiger partial charge is 0.478 e. The molecular formula is C12H17ClO4. The molecule has 4 nitrogen and oxygen atoms in total. The van der Waals surface area contributed by atoms with Crippen LogP contribution in [-0.2, 0) is 14.3 Å². The molecule has 0 heterocycles. The van der Waals surface area contributed by atoms with Crippen LogP contribution in [0, 0.1) is 0 Å². The molecule has 0 aromatic rings. The maximum absolute atomic E-state index is 10.9. The topological polar surface area (TPSA) is 63.6 Å². The van der Waals surface area contributed by atoms with Gasteiger partial charge in [-0.15, -0.1) is 0 Å². The monoisotopic (exact) mass is 260 g/mol. The van der Waals surface area contributed by atoms with Crippen molar-refractivity contribution < 1.29 is 19.4 Å². The molecule has 17 heavy (non-hydrogen) atoms. The predicted molar refractivity (Wildman–Crippen MR) is 65.8 cm³/mol. The molecule has 0 saturated carbocycles. The highest BCUT2D eigenvalue weighted by atomic mass is 35.5. The van der Waals surface area contributed by atoms with Gasteiger partial charge in [0, 0.05) is 17.5 Å². The molecule has 1 aliphatic rings. The number of carboxylic acid groups (broad SMARTS) is 1. The highest BCUT2D eigenvalue weighted by Gasteiger charge is 2.25. The molecular weight excluding hydrogens is 244 g/mol. The molecule has 0 amide bonds. The van der Waals surface area contributed by atoms with Crippen molar-refractivity contribution in [2.24, 2.45) is 0 Å². The third-order valence-electron chi connectivity index (χ3n) is 1.90. The second kappa shape index (κ2) is 7.90. The van der Waals surface area contributed by atoms with Gasteiger partial charge in [0.15, 0.2) is 0 Å². The number of rotatable bonds is 3. The van der Waals surface area contributed by atoms with E-state index < -0.39 is 18.0 Å². The minimum absolute atomic E-state index is 0.425. The lowest BCUT2D eigenvalue weighted by Crippen LogP contribution is -2.28. The normalized spacial score (nSPS) is 15.8. The summed E-state index contributed by atoms with van der Waals surface area (Å²) in [4.78, 5) is 21.6. The van der Waals surface area contributed by atoms with Gasteiger partial charge >= 0.3 is 11.9 Å². The van der Waals surface area contributed by atoms with Gasteiger partial charge in [0.25, 0.3) is 0 Å². The molecule has 0 aromatic heterocycles. The molecule has 1 unspecified atom stereocenters. The number of carboxylic acids is 1. The van der Waals surface area contributed by atoms with Gasteiger partial charge in [-0.3, -0.25) is 4.79 Å². The fourth-order valence-corrected chi connectivity index (χ4v) is 1.53. The molecule has 0 aromatic carbocycles. The van der Waals surface area contributed by atoms with E-state index in [1.165, 1.54) is 13.0 Å². The number of hydrogen-bond donors (Lipinski definition) is 1. The van der Waals surface area contributed by atoms with E-state index >= 15 is 0 Å². The van der Waals surface area contributed by atoms with Crippen molar-refractivity contribution in [2.45, 2.75) is 39.7 Å². The van der Waals surface area contributed by atoms with E-state index in [2.05, 4.69) is 4.74 Å². The van der Waals surface area contributed by atoms with Crippen molar-refractivity contribution in [3.63, 3.8) is 0 Å². The third-order valence-corrected chi connectivity index (χ3v) is 2.20. The summed E-state index contributed by atoms with van der Waals surface area (Å²) in [6, 6.07) is 0. The van der Waals surface area contributed by atoms with Gasteiger partial charge in [0.1, 0.15) is 0 Å². The summed E-state index contributed by atoms with van der Waals surface area (Å²) >= 11 is 5.78. The van der Waals surface area contributed by atoms with Gasteiger partial charge in [-0.05, 0) is 18.9 Å². The maximum atomic E-state index is 10.9. The number of carbonyl (C=O) groups is 2. The first-order chi connectivity index (χ1) is 8.00. The van der Waals surface area contributed by atoms with Gasteiger partial charge in [-0.1, -0.05) is 31.5 Å². The Labute approximate surface area is 106 Å². The molecule has 0 radical (unpaired) electrons. The third kappa shape index (κ3) is 5.54. The number of ether oxygens (including phenoxy) is 1. The Hall–Kier alpha value is -1.29. The first-order valence-corrected chi connectivity index (χ1v) is 5.84. The van der Waals surface area contributed by atoms with E-state index in [0.717, 1.165) is 0 Å². The summed E-state index contributed by atoms with van der Waals surface area (Å²) in [5, 5.41) is 9.45. The van der Waals surface area contributed by atoms with Crippen LogP contribution in [0.5, 0.6) is 0 Å². The van der Waals surface area contributed by atoms with Crippen LogP contribution in [0.4, 0.5) is 0 Å². The number of hydrogen-bond acceptors (Lipinski definition) is 3. The Bertz CT molecular complexity index is 344. The molecule has 1 atom stereocenters. The van der Waals surface area contributed by atoms with Crippen LogP contribution in [0.15, 0.2) is 22.8 Å². The minimum Gasteiger partial charge on any atom is -0.478 e. The molecule has 96 valence electrons. The van der Waals surface area contributed by atoms with E-state index in [-0.39, 0.29) is 0 Å². The van der Waals surface area contributed by atoms with E-state index in [0.29, 0.717) is 23.4 Å². The summed E-state index contributed by atoms with van der Waals surface area (Å²) in [5.74, 6) is -1.82. The number of aliphatic carboxylic acids is 1. The quantitative estimate of drug-likeness (QED) is 0.793. The zero-order valence-electron chi connectivity index (χ0n) is 10.2. The average Bonchev–Trinajstić information content (AvgIpc) is 2.28. The number of carbonyl (C=O) groups excluding carboxylic acids is 1. The molecule has 0 bridgehead atoms. The fourth-order valence-electron chi connectivity index (χ4n) is 1.30. The van der Waals surface area contributed by atoms with E-state index in [1.54, 1.807) is 6.08 Å². The van der Waals surface area contributed by atoms with Crippen LogP contribution >= 0.6 is 11.6 Å². The number of halogens is 1. The van der Waals surface area contributed by atoms with Crippen molar-refractivity contribution in [2.75, 3.05) is 0 Å².